The van der Waals surface area contributed by atoms with Crippen molar-refractivity contribution in [2.24, 2.45) is 0 Å². The number of benzene rings is 1. The van der Waals surface area contributed by atoms with Crippen LogP contribution in [0.15, 0.2) is 30.3 Å². The van der Waals surface area contributed by atoms with Crippen LogP contribution in [0.25, 0.3) is 0 Å². The minimum atomic E-state index is -0.384. The molecule has 1 aliphatic heterocycles. The third-order valence-corrected chi connectivity index (χ3v) is 3.77. The van der Waals surface area contributed by atoms with Crippen LogP contribution < -0.4 is 10.6 Å². The van der Waals surface area contributed by atoms with Crippen LogP contribution >= 0.6 is 0 Å². The number of hydrogen-bond acceptors (Lipinski definition) is 3. The minimum Gasteiger partial charge on any atom is -0.392 e. The van der Waals surface area contributed by atoms with Crippen molar-refractivity contribution in [2.75, 3.05) is 6.54 Å². The molecule has 1 saturated carbocycles. The molecule has 2 fully saturated rings. The van der Waals surface area contributed by atoms with Crippen LogP contribution in [0.2, 0.25) is 0 Å². The fourth-order valence-electron chi connectivity index (χ4n) is 2.62. The van der Waals surface area contributed by atoms with Gasteiger partial charge in [-0.3, -0.25) is 4.79 Å². The normalized spacial score (nSPS) is 34.3. The molecule has 1 aliphatic carbocycles. The van der Waals surface area contributed by atoms with Gasteiger partial charge in [0.1, 0.15) is 0 Å². The van der Waals surface area contributed by atoms with Gasteiger partial charge in [0.15, 0.2) is 0 Å². The molecule has 1 saturated heterocycles. The summed E-state index contributed by atoms with van der Waals surface area (Å²) in [5.41, 5.74) is 1.29. The second kappa shape index (κ2) is 4.71. The maximum atomic E-state index is 11.9. The van der Waals surface area contributed by atoms with E-state index in [4.69, 9.17) is 0 Å². The third kappa shape index (κ3) is 2.40. The average molecular weight is 246 g/mol. The van der Waals surface area contributed by atoms with Gasteiger partial charge in [0, 0.05) is 18.5 Å². The van der Waals surface area contributed by atoms with Gasteiger partial charge in [-0.1, -0.05) is 30.3 Å². The number of carbonyl (C=O) groups is 1. The molecule has 1 amide bonds. The monoisotopic (exact) mass is 246 g/mol. The van der Waals surface area contributed by atoms with Gasteiger partial charge in [-0.15, -0.1) is 0 Å². The topological polar surface area (TPSA) is 61.4 Å². The summed E-state index contributed by atoms with van der Waals surface area (Å²) >= 11 is 0. The van der Waals surface area contributed by atoms with E-state index in [1.54, 1.807) is 0 Å². The molecule has 0 bridgehead atoms. The van der Waals surface area contributed by atoms with Gasteiger partial charge in [-0.05, 0) is 18.4 Å². The lowest BCUT2D eigenvalue weighted by molar-refractivity contribution is -0.123. The molecular weight excluding hydrogens is 228 g/mol. The number of rotatable bonds is 3. The fraction of sp³-hybridized carbons (Fsp3) is 0.500. The number of nitrogens with one attached hydrogen (secondary N) is 2. The Bertz CT molecular complexity index is 435. The van der Waals surface area contributed by atoms with Crippen molar-refractivity contribution in [3.63, 3.8) is 0 Å². The Morgan fingerprint density at radius 1 is 1.28 bits per heavy atom. The van der Waals surface area contributed by atoms with Gasteiger partial charge in [-0.25, -0.2) is 0 Å². The van der Waals surface area contributed by atoms with Gasteiger partial charge < -0.3 is 15.7 Å². The average Bonchev–Trinajstić information content (AvgIpc) is 3.01. The molecule has 1 heterocycles. The van der Waals surface area contributed by atoms with Gasteiger partial charge in [0.05, 0.1) is 12.1 Å². The van der Waals surface area contributed by atoms with Crippen molar-refractivity contribution in [2.45, 2.75) is 36.9 Å². The van der Waals surface area contributed by atoms with Crippen LogP contribution in [0, 0.1) is 0 Å². The molecule has 18 heavy (non-hydrogen) atoms. The highest BCUT2D eigenvalue weighted by Gasteiger charge is 2.41. The number of amides is 1. The van der Waals surface area contributed by atoms with Crippen molar-refractivity contribution in [1.29, 1.82) is 0 Å². The summed E-state index contributed by atoms with van der Waals surface area (Å²) in [7, 11) is 0. The Kier molecular flexibility index (Phi) is 3.06. The van der Waals surface area contributed by atoms with Gasteiger partial charge in [-0.2, -0.15) is 0 Å². The van der Waals surface area contributed by atoms with E-state index in [9.17, 15) is 9.90 Å². The molecule has 0 unspecified atom stereocenters. The summed E-state index contributed by atoms with van der Waals surface area (Å²) < 4.78 is 0. The molecule has 4 nitrogen and oxygen atoms in total. The van der Waals surface area contributed by atoms with E-state index < -0.39 is 0 Å². The Labute approximate surface area is 106 Å². The number of aliphatic hydroxyl groups is 1. The molecule has 0 aromatic heterocycles. The quantitative estimate of drug-likeness (QED) is 0.722. The van der Waals surface area contributed by atoms with E-state index in [0.29, 0.717) is 18.9 Å². The lowest BCUT2D eigenvalue weighted by atomic mass is 10.1. The zero-order valence-corrected chi connectivity index (χ0v) is 10.2. The summed E-state index contributed by atoms with van der Waals surface area (Å²) in [6.07, 6.45) is 1.16. The van der Waals surface area contributed by atoms with E-state index in [1.807, 2.05) is 18.2 Å². The molecule has 4 atom stereocenters. The Morgan fingerprint density at radius 2 is 2.06 bits per heavy atom. The molecule has 4 heteroatoms. The Hall–Kier alpha value is -1.39. The first kappa shape index (κ1) is 11.7. The van der Waals surface area contributed by atoms with Crippen LogP contribution in [0.1, 0.15) is 24.3 Å². The molecule has 2 aliphatic rings. The molecular formula is C14H18N2O2. The first-order chi connectivity index (χ1) is 8.74. The number of aliphatic hydroxyl groups excluding tert-OH is 1. The molecule has 3 rings (SSSR count). The van der Waals surface area contributed by atoms with Crippen molar-refractivity contribution >= 4 is 5.91 Å². The lowest BCUT2D eigenvalue weighted by Gasteiger charge is -2.10. The number of β-amino-alcohol motifs (C(OH)–C–C–N with tert-alkyl or cyclic N) is 1. The van der Waals surface area contributed by atoms with E-state index in [2.05, 4.69) is 22.8 Å². The predicted octanol–water partition coefficient (Wildman–Crippen LogP) is 0.381. The SMILES string of the molecule is O=C(N[C@@H]1C[C@@H]1c1ccccc1)[C@@H]1C[C@H](O)CN1. The van der Waals surface area contributed by atoms with Gasteiger partial charge in [0.2, 0.25) is 5.91 Å². The maximum absolute atomic E-state index is 11.9. The largest absolute Gasteiger partial charge is 0.392 e. The maximum Gasteiger partial charge on any atom is 0.237 e. The number of carbonyl (C=O) groups excluding carboxylic acids is 1. The van der Waals surface area contributed by atoms with Crippen molar-refractivity contribution < 1.29 is 9.90 Å². The van der Waals surface area contributed by atoms with Gasteiger partial charge in [0.25, 0.3) is 0 Å². The first-order valence-electron chi connectivity index (χ1n) is 6.51. The van der Waals surface area contributed by atoms with Crippen LogP contribution in [-0.4, -0.2) is 35.7 Å². The molecule has 1 aromatic rings. The zero-order chi connectivity index (χ0) is 12.5. The first-order valence-corrected chi connectivity index (χ1v) is 6.51. The molecule has 96 valence electrons. The molecule has 1 aromatic carbocycles. The van der Waals surface area contributed by atoms with Crippen LogP contribution in [-0.2, 0) is 4.79 Å². The fourth-order valence-corrected chi connectivity index (χ4v) is 2.62. The predicted molar refractivity (Wildman–Crippen MR) is 68.1 cm³/mol. The van der Waals surface area contributed by atoms with E-state index in [-0.39, 0.29) is 24.1 Å². The number of hydrogen-bond donors (Lipinski definition) is 3. The molecule has 0 radical (unpaired) electrons. The van der Waals surface area contributed by atoms with Crippen LogP contribution in [0.5, 0.6) is 0 Å². The van der Waals surface area contributed by atoms with Crippen LogP contribution in [0.4, 0.5) is 0 Å². The zero-order valence-electron chi connectivity index (χ0n) is 10.2. The second-order valence-electron chi connectivity index (χ2n) is 5.22. The second-order valence-corrected chi connectivity index (χ2v) is 5.22. The smallest absolute Gasteiger partial charge is 0.237 e. The van der Waals surface area contributed by atoms with Crippen molar-refractivity contribution in [3.05, 3.63) is 35.9 Å². The van der Waals surface area contributed by atoms with Crippen molar-refractivity contribution in [3.8, 4) is 0 Å². The molecule has 3 N–H and O–H groups in total. The minimum absolute atomic E-state index is 0.0231. The summed E-state index contributed by atoms with van der Waals surface area (Å²) in [6.45, 7) is 0.519. The third-order valence-electron chi connectivity index (χ3n) is 3.77. The Balaban J connectivity index is 1.52. The van der Waals surface area contributed by atoms with Crippen LogP contribution in [0.3, 0.4) is 0 Å². The summed E-state index contributed by atoms with van der Waals surface area (Å²) in [4.78, 5) is 11.9. The summed E-state index contributed by atoms with van der Waals surface area (Å²) in [6, 6.07) is 10.3. The highest BCUT2D eigenvalue weighted by atomic mass is 16.3. The van der Waals surface area contributed by atoms with Crippen molar-refractivity contribution in [1.82, 2.24) is 10.6 Å². The van der Waals surface area contributed by atoms with Gasteiger partial charge >= 0.3 is 0 Å². The van der Waals surface area contributed by atoms with E-state index in [1.165, 1.54) is 5.56 Å². The highest BCUT2D eigenvalue weighted by Crippen LogP contribution is 2.40. The standard InChI is InChI=1S/C14H18N2O2/c17-10-6-13(15-8-10)14(18)16-12-7-11(12)9-4-2-1-3-5-9/h1-5,10-13,15,17H,6-8H2,(H,16,18)/t10-,11+,12+,13-/m0/s1. The summed E-state index contributed by atoms with van der Waals surface area (Å²) in [5, 5.41) is 15.5. The highest BCUT2D eigenvalue weighted by molar-refractivity contribution is 5.83. The Morgan fingerprint density at radius 3 is 2.72 bits per heavy atom. The molecule has 0 spiro atoms. The summed E-state index contributed by atoms with van der Waals surface area (Å²) in [5.74, 6) is 0.483. The van der Waals surface area contributed by atoms with E-state index >= 15 is 0 Å². The lowest BCUT2D eigenvalue weighted by Crippen LogP contribution is -2.41. The van der Waals surface area contributed by atoms with E-state index in [0.717, 1.165) is 6.42 Å².